The quantitative estimate of drug-likeness (QED) is 0.782. The van der Waals surface area contributed by atoms with Gasteiger partial charge < -0.3 is 14.4 Å². The standard InChI is InChI=1S/C15H21NO3S/c1-3-12-10-19-8-7-16(12)15(17)11-20-14-6-4-5-13(9-14)18-2/h4-6,9,12H,3,7-8,10-11H2,1-2H3/t12-/m0/s1. The summed E-state index contributed by atoms with van der Waals surface area (Å²) in [6.45, 7) is 4.10. The zero-order valence-corrected chi connectivity index (χ0v) is 12.8. The zero-order valence-electron chi connectivity index (χ0n) is 12.0. The fourth-order valence-corrected chi connectivity index (χ4v) is 3.07. The molecule has 1 saturated heterocycles. The van der Waals surface area contributed by atoms with Crippen LogP contribution < -0.4 is 4.74 Å². The summed E-state index contributed by atoms with van der Waals surface area (Å²) in [6.07, 6.45) is 0.940. The van der Waals surface area contributed by atoms with Gasteiger partial charge in [-0.25, -0.2) is 0 Å². The summed E-state index contributed by atoms with van der Waals surface area (Å²) in [5.74, 6) is 1.47. The van der Waals surface area contributed by atoms with Gasteiger partial charge in [0.1, 0.15) is 5.75 Å². The summed E-state index contributed by atoms with van der Waals surface area (Å²) in [6, 6.07) is 8.02. The van der Waals surface area contributed by atoms with Crippen LogP contribution in [0.1, 0.15) is 13.3 Å². The second kappa shape index (κ2) is 7.55. The highest BCUT2D eigenvalue weighted by molar-refractivity contribution is 8.00. The van der Waals surface area contributed by atoms with Crippen LogP contribution in [0.4, 0.5) is 0 Å². The van der Waals surface area contributed by atoms with Crippen molar-refractivity contribution < 1.29 is 14.3 Å². The Balaban J connectivity index is 1.90. The van der Waals surface area contributed by atoms with Crippen LogP contribution in [0.15, 0.2) is 29.2 Å². The number of methoxy groups -OCH3 is 1. The zero-order chi connectivity index (χ0) is 14.4. The summed E-state index contributed by atoms with van der Waals surface area (Å²) < 4.78 is 10.6. The third-order valence-electron chi connectivity index (χ3n) is 3.42. The highest BCUT2D eigenvalue weighted by Crippen LogP contribution is 2.23. The Labute approximate surface area is 124 Å². The molecule has 0 spiro atoms. The first kappa shape index (κ1) is 15.2. The molecule has 0 N–H and O–H groups in total. The molecule has 1 fully saturated rings. The Morgan fingerprint density at radius 1 is 1.55 bits per heavy atom. The smallest absolute Gasteiger partial charge is 0.233 e. The first-order valence-corrected chi connectivity index (χ1v) is 7.87. The Hall–Kier alpha value is -1.20. The molecule has 0 radical (unpaired) electrons. The molecule has 0 saturated carbocycles. The van der Waals surface area contributed by atoms with E-state index in [9.17, 15) is 4.79 Å². The molecule has 110 valence electrons. The summed E-state index contributed by atoms with van der Waals surface area (Å²) in [5.41, 5.74) is 0. The molecule has 0 bridgehead atoms. The molecular weight excluding hydrogens is 274 g/mol. The second-order valence-electron chi connectivity index (χ2n) is 4.69. The molecule has 1 atom stereocenters. The Morgan fingerprint density at radius 3 is 3.15 bits per heavy atom. The van der Waals surface area contributed by atoms with E-state index in [0.29, 0.717) is 25.5 Å². The first-order chi connectivity index (χ1) is 9.74. The van der Waals surface area contributed by atoms with E-state index in [1.165, 1.54) is 0 Å². The van der Waals surface area contributed by atoms with Crippen LogP contribution >= 0.6 is 11.8 Å². The fraction of sp³-hybridized carbons (Fsp3) is 0.533. The van der Waals surface area contributed by atoms with Crippen molar-refractivity contribution in [3.05, 3.63) is 24.3 Å². The number of nitrogens with zero attached hydrogens (tertiary/aromatic N) is 1. The molecule has 5 heteroatoms. The van der Waals surface area contributed by atoms with E-state index in [2.05, 4.69) is 6.92 Å². The third kappa shape index (κ3) is 3.90. The van der Waals surface area contributed by atoms with Crippen LogP contribution in [0.5, 0.6) is 5.75 Å². The lowest BCUT2D eigenvalue weighted by Gasteiger charge is -2.35. The van der Waals surface area contributed by atoms with Gasteiger partial charge in [0.2, 0.25) is 5.91 Å². The number of ether oxygens (including phenoxy) is 2. The van der Waals surface area contributed by atoms with Gasteiger partial charge in [-0.2, -0.15) is 0 Å². The monoisotopic (exact) mass is 295 g/mol. The van der Waals surface area contributed by atoms with E-state index in [1.807, 2.05) is 29.2 Å². The lowest BCUT2D eigenvalue weighted by Crippen LogP contribution is -2.49. The topological polar surface area (TPSA) is 38.8 Å². The number of benzene rings is 1. The van der Waals surface area contributed by atoms with Gasteiger partial charge in [-0.05, 0) is 24.6 Å². The van der Waals surface area contributed by atoms with Crippen LogP contribution in [0.3, 0.4) is 0 Å². The second-order valence-corrected chi connectivity index (χ2v) is 5.74. The predicted molar refractivity (Wildman–Crippen MR) is 80.3 cm³/mol. The van der Waals surface area contributed by atoms with E-state index in [1.54, 1.807) is 18.9 Å². The highest BCUT2D eigenvalue weighted by atomic mass is 32.2. The van der Waals surface area contributed by atoms with Gasteiger partial charge >= 0.3 is 0 Å². The van der Waals surface area contributed by atoms with Crippen molar-refractivity contribution in [3.63, 3.8) is 0 Å². The molecule has 1 heterocycles. The maximum Gasteiger partial charge on any atom is 0.233 e. The van der Waals surface area contributed by atoms with Crippen molar-refractivity contribution in [1.82, 2.24) is 4.90 Å². The minimum Gasteiger partial charge on any atom is -0.497 e. The van der Waals surface area contributed by atoms with Crippen molar-refractivity contribution >= 4 is 17.7 Å². The minimum atomic E-state index is 0.188. The number of thioether (sulfide) groups is 1. The normalized spacial score (nSPS) is 18.9. The van der Waals surface area contributed by atoms with Crippen LogP contribution in [0.25, 0.3) is 0 Å². The Bertz CT molecular complexity index is 452. The molecule has 4 nitrogen and oxygen atoms in total. The molecular formula is C15H21NO3S. The minimum absolute atomic E-state index is 0.188. The Morgan fingerprint density at radius 2 is 2.40 bits per heavy atom. The van der Waals surface area contributed by atoms with Gasteiger partial charge in [0.05, 0.1) is 32.1 Å². The number of hydrogen-bond donors (Lipinski definition) is 0. The molecule has 1 aliphatic rings. The molecule has 1 aromatic carbocycles. The average Bonchev–Trinajstić information content (AvgIpc) is 2.52. The maximum absolute atomic E-state index is 12.3. The summed E-state index contributed by atoms with van der Waals surface area (Å²) in [7, 11) is 1.65. The largest absolute Gasteiger partial charge is 0.497 e. The number of rotatable bonds is 5. The van der Waals surface area contributed by atoms with Gasteiger partial charge in [-0.15, -0.1) is 11.8 Å². The SMILES string of the molecule is CC[C@H]1COCCN1C(=O)CSc1cccc(OC)c1. The number of amides is 1. The van der Waals surface area contributed by atoms with Gasteiger partial charge in [0.25, 0.3) is 0 Å². The third-order valence-corrected chi connectivity index (χ3v) is 4.40. The first-order valence-electron chi connectivity index (χ1n) is 6.88. The molecule has 0 aliphatic carbocycles. The number of hydrogen-bond acceptors (Lipinski definition) is 4. The van der Waals surface area contributed by atoms with Crippen molar-refractivity contribution in [3.8, 4) is 5.75 Å². The molecule has 1 amide bonds. The van der Waals surface area contributed by atoms with Crippen molar-refractivity contribution in [2.75, 3.05) is 32.6 Å². The lowest BCUT2D eigenvalue weighted by molar-refractivity contribution is -0.137. The van der Waals surface area contributed by atoms with Crippen molar-refractivity contribution in [1.29, 1.82) is 0 Å². The van der Waals surface area contributed by atoms with Gasteiger partial charge in [-0.1, -0.05) is 13.0 Å². The summed E-state index contributed by atoms with van der Waals surface area (Å²) >= 11 is 1.55. The van der Waals surface area contributed by atoms with Gasteiger partial charge in [-0.3, -0.25) is 4.79 Å². The molecule has 1 aromatic rings. The number of morpholine rings is 1. The molecule has 0 unspecified atom stereocenters. The van der Waals surface area contributed by atoms with Crippen LogP contribution in [0.2, 0.25) is 0 Å². The van der Waals surface area contributed by atoms with Gasteiger partial charge in [0, 0.05) is 11.4 Å². The number of carbonyl (C=O) groups excluding carboxylic acids is 1. The van der Waals surface area contributed by atoms with E-state index in [4.69, 9.17) is 9.47 Å². The van der Waals surface area contributed by atoms with Gasteiger partial charge in [0.15, 0.2) is 0 Å². The van der Waals surface area contributed by atoms with E-state index in [-0.39, 0.29) is 11.9 Å². The lowest BCUT2D eigenvalue weighted by atomic mass is 10.2. The van der Waals surface area contributed by atoms with Crippen LogP contribution in [-0.4, -0.2) is 49.5 Å². The molecule has 0 aromatic heterocycles. The van der Waals surface area contributed by atoms with Crippen LogP contribution in [0, 0.1) is 0 Å². The molecule has 20 heavy (non-hydrogen) atoms. The summed E-state index contributed by atoms with van der Waals surface area (Å²) in [4.78, 5) is 15.3. The number of carbonyl (C=O) groups is 1. The fourth-order valence-electron chi connectivity index (χ4n) is 2.24. The maximum atomic E-state index is 12.3. The summed E-state index contributed by atoms with van der Waals surface area (Å²) in [5, 5.41) is 0. The van der Waals surface area contributed by atoms with E-state index >= 15 is 0 Å². The van der Waals surface area contributed by atoms with E-state index < -0.39 is 0 Å². The highest BCUT2D eigenvalue weighted by Gasteiger charge is 2.25. The van der Waals surface area contributed by atoms with Crippen LogP contribution in [-0.2, 0) is 9.53 Å². The molecule has 2 rings (SSSR count). The predicted octanol–water partition coefficient (Wildman–Crippen LogP) is 2.42. The van der Waals surface area contributed by atoms with Crippen molar-refractivity contribution in [2.24, 2.45) is 0 Å². The van der Waals surface area contributed by atoms with Crippen molar-refractivity contribution in [2.45, 2.75) is 24.3 Å². The molecule has 1 aliphatic heterocycles. The average molecular weight is 295 g/mol. The Kier molecular flexibility index (Phi) is 5.73. The van der Waals surface area contributed by atoms with E-state index in [0.717, 1.165) is 17.1 Å².